The van der Waals surface area contributed by atoms with Gasteiger partial charge in [0, 0.05) is 19.7 Å². The number of hydrogen-bond donors (Lipinski definition) is 0. The van der Waals surface area contributed by atoms with Gasteiger partial charge in [-0.25, -0.2) is 0 Å². The standard InChI is InChI=1S/C24H22Cl2N2O4S/c1-5-6-16-9-15(10-17-22(29)27(2)24(33)28(3)23(17)30)12-20(31-4)21(16)32-13-14-7-8-18(25)19(26)11-14/h5,7-12H,1,6,13H2,2-4H3. The number of ether oxygens (including phenoxy) is 2. The predicted octanol–water partition coefficient (Wildman–Crippen LogP) is 4.91. The summed E-state index contributed by atoms with van der Waals surface area (Å²) in [7, 11) is 4.59. The highest BCUT2D eigenvalue weighted by Crippen LogP contribution is 2.35. The molecule has 0 saturated carbocycles. The Labute approximate surface area is 208 Å². The first kappa shape index (κ1) is 24.8. The molecule has 9 heteroatoms. The fraction of sp³-hybridized carbons (Fsp3) is 0.208. The summed E-state index contributed by atoms with van der Waals surface area (Å²) in [6.45, 7) is 4.05. The largest absolute Gasteiger partial charge is 0.493 e. The molecule has 1 aliphatic rings. The summed E-state index contributed by atoms with van der Waals surface area (Å²) >= 11 is 17.2. The molecule has 0 aromatic heterocycles. The molecule has 2 aromatic rings. The SMILES string of the molecule is C=CCc1cc(C=C2C(=O)N(C)C(=S)N(C)C2=O)cc(OC)c1OCc1ccc(Cl)c(Cl)c1. The number of hydrogen-bond acceptors (Lipinski definition) is 5. The number of thiocarbonyl (C=S) groups is 1. The van der Waals surface area contributed by atoms with Gasteiger partial charge < -0.3 is 9.47 Å². The molecule has 172 valence electrons. The van der Waals surface area contributed by atoms with Crippen molar-refractivity contribution >= 4 is 58.4 Å². The number of carbonyl (C=O) groups is 2. The molecule has 0 radical (unpaired) electrons. The van der Waals surface area contributed by atoms with E-state index in [1.54, 1.807) is 24.3 Å². The van der Waals surface area contributed by atoms with Crippen LogP contribution in [0.3, 0.4) is 0 Å². The quantitative estimate of drug-likeness (QED) is 0.232. The Bertz CT molecular complexity index is 1150. The number of methoxy groups -OCH3 is 1. The molecule has 1 fully saturated rings. The zero-order valence-corrected chi connectivity index (χ0v) is 20.7. The van der Waals surface area contributed by atoms with Crippen molar-refractivity contribution in [1.82, 2.24) is 9.80 Å². The first-order valence-electron chi connectivity index (χ1n) is 9.88. The van der Waals surface area contributed by atoms with Crippen molar-refractivity contribution in [2.75, 3.05) is 21.2 Å². The third kappa shape index (κ3) is 5.21. The Kier molecular flexibility index (Phi) is 7.79. The predicted molar refractivity (Wildman–Crippen MR) is 134 cm³/mol. The van der Waals surface area contributed by atoms with Gasteiger partial charge in [0.25, 0.3) is 11.8 Å². The van der Waals surface area contributed by atoms with Crippen molar-refractivity contribution in [1.29, 1.82) is 0 Å². The summed E-state index contributed by atoms with van der Waals surface area (Å²) in [6, 6.07) is 8.80. The number of rotatable bonds is 7. The maximum Gasteiger partial charge on any atom is 0.265 e. The molecule has 0 bridgehead atoms. The lowest BCUT2D eigenvalue weighted by molar-refractivity contribution is -0.132. The van der Waals surface area contributed by atoms with E-state index in [0.29, 0.717) is 33.5 Å². The average molecular weight is 505 g/mol. The number of amides is 2. The molecule has 0 spiro atoms. The third-order valence-corrected chi connectivity index (χ3v) is 6.35. The zero-order chi connectivity index (χ0) is 24.3. The van der Waals surface area contributed by atoms with E-state index in [9.17, 15) is 9.59 Å². The monoisotopic (exact) mass is 504 g/mol. The molecule has 2 amide bonds. The number of benzene rings is 2. The van der Waals surface area contributed by atoms with Gasteiger partial charge in [0.1, 0.15) is 12.2 Å². The Morgan fingerprint density at radius 1 is 1.06 bits per heavy atom. The van der Waals surface area contributed by atoms with E-state index in [1.807, 2.05) is 12.1 Å². The lowest BCUT2D eigenvalue weighted by atomic mass is 10.0. The summed E-state index contributed by atoms with van der Waals surface area (Å²) in [4.78, 5) is 27.9. The van der Waals surface area contributed by atoms with Crippen LogP contribution in [0.15, 0.2) is 48.6 Å². The number of halogens is 2. The minimum absolute atomic E-state index is 0.00433. The second kappa shape index (κ2) is 10.4. The first-order valence-corrected chi connectivity index (χ1v) is 11.0. The highest BCUT2D eigenvalue weighted by molar-refractivity contribution is 7.80. The van der Waals surface area contributed by atoms with E-state index in [-0.39, 0.29) is 17.3 Å². The first-order chi connectivity index (χ1) is 15.7. The van der Waals surface area contributed by atoms with E-state index in [2.05, 4.69) is 6.58 Å². The number of allylic oxidation sites excluding steroid dienone is 1. The van der Waals surface area contributed by atoms with E-state index >= 15 is 0 Å². The van der Waals surface area contributed by atoms with Crippen LogP contribution >= 0.6 is 35.4 Å². The van der Waals surface area contributed by atoms with Gasteiger partial charge in [-0.05, 0) is 60.1 Å². The van der Waals surface area contributed by atoms with E-state index in [1.165, 1.54) is 37.1 Å². The smallest absolute Gasteiger partial charge is 0.265 e. The molecule has 6 nitrogen and oxygen atoms in total. The summed E-state index contributed by atoms with van der Waals surface area (Å²) in [5, 5.41) is 1.05. The Morgan fingerprint density at radius 2 is 1.73 bits per heavy atom. The Hall–Kier alpha value is -2.87. The van der Waals surface area contributed by atoms with Crippen LogP contribution in [0.25, 0.3) is 6.08 Å². The molecule has 2 aromatic carbocycles. The normalized spacial score (nSPS) is 14.0. The van der Waals surface area contributed by atoms with Crippen molar-refractivity contribution in [3.05, 3.63) is 75.3 Å². The molecule has 0 N–H and O–H groups in total. The minimum Gasteiger partial charge on any atom is -0.493 e. The van der Waals surface area contributed by atoms with Gasteiger partial charge in [0.05, 0.1) is 17.2 Å². The van der Waals surface area contributed by atoms with Gasteiger partial charge >= 0.3 is 0 Å². The highest BCUT2D eigenvalue weighted by Gasteiger charge is 2.35. The van der Waals surface area contributed by atoms with Crippen molar-refractivity contribution in [3.8, 4) is 11.5 Å². The van der Waals surface area contributed by atoms with Crippen LogP contribution in [0, 0.1) is 0 Å². The van der Waals surface area contributed by atoms with Crippen molar-refractivity contribution in [2.24, 2.45) is 0 Å². The van der Waals surface area contributed by atoms with E-state index in [0.717, 1.165) is 11.1 Å². The molecular formula is C24H22Cl2N2O4S. The van der Waals surface area contributed by atoms with Gasteiger partial charge in [0.15, 0.2) is 16.6 Å². The van der Waals surface area contributed by atoms with Crippen molar-refractivity contribution in [2.45, 2.75) is 13.0 Å². The summed E-state index contributed by atoms with van der Waals surface area (Å²) < 4.78 is 11.6. The number of nitrogens with zero attached hydrogens (tertiary/aromatic N) is 2. The Morgan fingerprint density at radius 3 is 2.30 bits per heavy atom. The molecule has 1 saturated heterocycles. The maximum absolute atomic E-state index is 12.7. The minimum atomic E-state index is -0.465. The van der Waals surface area contributed by atoms with Crippen LogP contribution in [0.1, 0.15) is 16.7 Å². The second-order valence-corrected chi connectivity index (χ2v) is 8.49. The summed E-state index contributed by atoms with van der Waals surface area (Å²) in [5.74, 6) is 0.0519. The number of likely N-dealkylation sites (N-methyl/N-ethyl adjacent to an activating group) is 2. The van der Waals surface area contributed by atoms with Crippen LogP contribution in [-0.4, -0.2) is 47.9 Å². The third-order valence-electron chi connectivity index (χ3n) is 5.06. The van der Waals surface area contributed by atoms with Gasteiger partial charge in [0.2, 0.25) is 0 Å². The van der Waals surface area contributed by atoms with E-state index in [4.69, 9.17) is 44.9 Å². The van der Waals surface area contributed by atoms with Crippen molar-refractivity contribution in [3.63, 3.8) is 0 Å². The van der Waals surface area contributed by atoms with Crippen LogP contribution < -0.4 is 9.47 Å². The molecule has 0 unspecified atom stereocenters. The molecule has 0 aliphatic carbocycles. The molecule has 0 atom stereocenters. The summed E-state index contributed by atoms with van der Waals surface area (Å²) in [5.41, 5.74) is 2.23. The molecule has 33 heavy (non-hydrogen) atoms. The fourth-order valence-electron chi connectivity index (χ4n) is 3.32. The fourth-order valence-corrected chi connectivity index (χ4v) is 3.80. The molecule has 1 aliphatic heterocycles. The maximum atomic E-state index is 12.7. The van der Waals surface area contributed by atoms with Crippen LogP contribution in [0.5, 0.6) is 11.5 Å². The topological polar surface area (TPSA) is 59.1 Å². The van der Waals surface area contributed by atoms with Gasteiger partial charge in [-0.2, -0.15) is 0 Å². The lowest BCUT2D eigenvalue weighted by Gasteiger charge is -2.31. The highest BCUT2D eigenvalue weighted by atomic mass is 35.5. The van der Waals surface area contributed by atoms with Gasteiger partial charge in [-0.15, -0.1) is 6.58 Å². The molecule has 1 heterocycles. The van der Waals surface area contributed by atoms with Gasteiger partial charge in [-0.1, -0.05) is 35.3 Å². The molecule has 3 rings (SSSR count). The number of carbonyl (C=O) groups excluding carboxylic acids is 2. The Balaban J connectivity index is 1.99. The second-order valence-electron chi connectivity index (χ2n) is 7.31. The van der Waals surface area contributed by atoms with Crippen LogP contribution in [-0.2, 0) is 22.6 Å². The van der Waals surface area contributed by atoms with Gasteiger partial charge in [-0.3, -0.25) is 19.4 Å². The van der Waals surface area contributed by atoms with Crippen LogP contribution in [0.2, 0.25) is 10.0 Å². The van der Waals surface area contributed by atoms with Crippen LogP contribution in [0.4, 0.5) is 0 Å². The zero-order valence-electron chi connectivity index (χ0n) is 18.4. The lowest BCUT2D eigenvalue weighted by Crippen LogP contribution is -2.52. The van der Waals surface area contributed by atoms with E-state index < -0.39 is 11.8 Å². The van der Waals surface area contributed by atoms with Crippen molar-refractivity contribution < 1.29 is 19.1 Å². The molecular weight excluding hydrogens is 483 g/mol. The average Bonchev–Trinajstić information content (AvgIpc) is 2.80. The summed E-state index contributed by atoms with van der Waals surface area (Å²) in [6.07, 6.45) is 3.74.